The van der Waals surface area contributed by atoms with E-state index in [4.69, 9.17) is 23.7 Å². The van der Waals surface area contributed by atoms with Gasteiger partial charge in [0.15, 0.2) is 24.2 Å². The van der Waals surface area contributed by atoms with Crippen LogP contribution in [0.5, 0.6) is 0 Å². The molecule has 22 nitrogen and oxygen atoms in total. The summed E-state index contributed by atoms with van der Waals surface area (Å²) in [6.07, 6.45) is -7.04. The van der Waals surface area contributed by atoms with Crippen molar-refractivity contribution in [1.29, 1.82) is 0 Å². The number of carbonyl (C=O) groups excluding carboxylic acids is 10. The summed E-state index contributed by atoms with van der Waals surface area (Å²) in [6.45, 7) is 18.0. The second-order valence-corrected chi connectivity index (χ2v) is 17.7. The van der Waals surface area contributed by atoms with E-state index < -0.39 is 138 Å². The molecule has 1 aromatic rings. The lowest BCUT2D eigenvalue weighted by atomic mass is 9.95. The van der Waals surface area contributed by atoms with Crippen molar-refractivity contribution >= 4 is 59.3 Å². The standard InChI is InChI=1S/C47H71N7O15/c1-23(2)38(66-16)36(50-31(11)56)46(63)69-39(24(3)4)35-44(61)54(14)37(29(9)65-15)47(64)67-28(8)34(49-30(10)55)45(62)68-33(22-32-20-18-17-19-21-32)43(60)53(13)26(6)40(57)48-25(5)42(59)52(12)27(7)41(58)51-35/h17-21,23-25,27-29,33-39H,6,22H2,1-5,7-16H3,(H,48,57)(H,49,55)(H,50,56)(H,51,58)/t25-,27-,28+,29+,33+,34-,35-,36-,37-,38+,39+/m0/s1. The maximum absolute atomic E-state index is 15.0. The molecular formula is C47H71N7O15. The van der Waals surface area contributed by atoms with Crippen LogP contribution in [0.1, 0.15) is 74.8 Å². The lowest BCUT2D eigenvalue weighted by Gasteiger charge is -2.38. The fourth-order valence-corrected chi connectivity index (χ4v) is 7.44. The monoisotopic (exact) mass is 974 g/mol. The summed E-state index contributed by atoms with van der Waals surface area (Å²) >= 11 is 0. The third kappa shape index (κ3) is 15.8. The number of carbonyl (C=O) groups is 10. The highest BCUT2D eigenvalue weighted by Crippen LogP contribution is 2.22. The molecule has 69 heavy (non-hydrogen) atoms. The van der Waals surface area contributed by atoms with Crippen LogP contribution in [0, 0.1) is 11.8 Å². The molecule has 0 radical (unpaired) electrons. The Kier molecular flexibility index (Phi) is 22.4. The molecule has 0 spiro atoms. The van der Waals surface area contributed by atoms with Gasteiger partial charge in [-0.3, -0.25) is 33.6 Å². The Morgan fingerprint density at radius 3 is 1.87 bits per heavy atom. The van der Waals surface area contributed by atoms with Gasteiger partial charge < -0.3 is 59.7 Å². The van der Waals surface area contributed by atoms with Gasteiger partial charge in [0.05, 0.1) is 12.2 Å². The van der Waals surface area contributed by atoms with Crippen LogP contribution >= 0.6 is 0 Å². The number of likely N-dealkylation sites (N-methyl/N-ethyl adjacent to an activating group) is 3. The van der Waals surface area contributed by atoms with Gasteiger partial charge in [0.2, 0.25) is 29.5 Å². The first-order chi connectivity index (χ1) is 32.1. The van der Waals surface area contributed by atoms with Crippen LogP contribution in [0.25, 0.3) is 0 Å². The van der Waals surface area contributed by atoms with Gasteiger partial charge >= 0.3 is 17.9 Å². The SMILES string of the molecule is C=C1C(=O)N[C@@H](C)C(=O)N(C)[C@@H](C)C(=O)N[C@@H]([C@H](OC(=O)[C@@H](NC(C)=O)[C@H](OC)C(C)C)C(C)C)C(=O)N(C)[C@@H]([C@@H](C)OC)C(=O)O[C@H](C)[C@H](NC(C)=O)C(=O)O[C@H](Cc2ccccc2)C(=O)N1C. The zero-order chi connectivity index (χ0) is 52.8. The summed E-state index contributed by atoms with van der Waals surface area (Å²) in [4.78, 5) is 141. The molecule has 0 aliphatic carbocycles. The van der Waals surface area contributed by atoms with E-state index in [0.717, 1.165) is 21.6 Å². The minimum absolute atomic E-state index is 0.224. The van der Waals surface area contributed by atoms with Crippen molar-refractivity contribution in [1.82, 2.24) is 36.0 Å². The second kappa shape index (κ2) is 26.4. The number of hydrogen-bond acceptors (Lipinski definition) is 15. The first-order valence-corrected chi connectivity index (χ1v) is 22.5. The Hall–Kier alpha value is -6.42. The molecule has 22 heteroatoms. The third-order valence-corrected chi connectivity index (χ3v) is 11.7. The zero-order valence-corrected chi connectivity index (χ0v) is 42.3. The Morgan fingerprint density at radius 2 is 1.36 bits per heavy atom. The number of rotatable bonds is 13. The van der Waals surface area contributed by atoms with Crippen LogP contribution in [0.3, 0.4) is 0 Å². The number of cyclic esters (lactones) is 2. The van der Waals surface area contributed by atoms with E-state index in [1.165, 1.54) is 70.0 Å². The van der Waals surface area contributed by atoms with Gasteiger partial charge in [-0.1, -0.05) is 64.6 Å². The van der Waals surface area contributed by atoms with Crippen molar-refractivity contribution in [3.05, 3.63) is 48.2 Å². The molecule has 4 N–H and O–H groups in total. The summed E-state index contributed by atoms with van der Waals surface area (Å²) in [7, 11) is 6.24. The molecule has 1 fully saturated rings. The smallest absolute Gasteiger partial charge is 0.333 e. The average molecular weight is 974 g/mol. The van der Waals surface area contributed by atoms with Gasteiger partial charge in [0, 0.05) is 55.6 Å². The van der Waals surface area contributed by atoms with Crippen LogP contribution in [0.2, 0.25) is 0 Å². The quantitative estimate of drug-likeness (QED) is 0.115. The van der Waals surface area contributed by atoms with Crippen LogP contribution in [-0.2, 0) is 78.1 Å². The van der Waals surface area contributed by atoms with E-state index in [1.807, 2.05) is 0 Å². The van der Waals surface area contributed by atoms with E-state index in [0.29, 0.717) is 5.56 Å². The number of nitrogens with zero attached hydrogens (tertiary/aromatic N) is 3. The zero-order valence-electron chi connectivity index (χ0n) is 42.3. The first-order valence-electron chi connectivity index (χ1n) is 22.5. The van der Waals surface area contributed by atoms with E-state index >= 15 is 4.79 Å². The highest BCUT2D eigenvalue weighted by atomic mass is 16.6. The van der Waals surface area contributed by atoms with Gasteiger partial charge in [-0.2, -0.15) is 0 Å². The predicted molar refractivity (Wildman–Crippen MR) is 248 cm³/mol. The maximum Gasteiger partial charge on any atom is 0.333 e. The topological polar surface area (TPSA) is 275 Å². The lowest BCUT2D eigenvalue weighted by molar-refractivity contribution is -0.174. The number of esters is 3. The van der Waals surface area contributed by atoms with Gasteiger partial charge in [-0.15, -0.1) is 0 Å². The fourth-order valence-electron chi connectivity index (χ4n) is 7.44. The molecule has 7 amide bonds. The molecule has 1 saturated heterocycles. The van der Waals surface area contributed by atoms with Gasteiger partial charge in [0.1, 0.15) is 36.0 Å². The predicted octanol–water partition coefficient (Wildman–Crippen LogP) is 0.00480. The van der Waals surface area contributed by atoms with Crippen LogP contribution in [0.4, 0.5) is 0 Å². The average Bonchev–Trinajstić information content (AvgIpc) is 3.28. The molecule has 11 atom stereocenters. The molecular weight excluding hydrogens is 903 g/mol. The molecule has 1 aromatic carbocycles. The summed E-state index contributed by atoms with van der Waals surface area (Å²) < 4.78 is 28.6. The number of nitrogens with one attached hydrogen (secondary N) is 4. The van der Waals surface area contributed by atoms with Crippen molar-refractivity contribution in [3.8, 4) is 0 Å². The van der Waals surface area contributed by atoms with Gasteiger partial charge in [-0.25, -0.2) is 14.4 Å². The molecule has 384 valence electrons. The summed E-state index contributed by atoms with van der Waals surface area (Å²) in [5, 5.41) is 9.99. The fraction of sp³-hybridized carbons (Fsp3) is 0.617. The van der Waals surface area contributed by atoms with E-state index in [2.05, 4.69) is 27.8 Å². The number of hydrogen-bond donors (Lipinski definition) is 4. The molecule has 0 aromatic heterocycles. The highest BCUT2D eigenvalue weighted by molar-refractivity contribution is 6.01. The molecule has 1 heterocycles. The Balaban J connectivity index is 2.91. The first kappa shape index (κ1) is 58.7. The van der Waals surface area contributed by atoms with E-state index in [9.17, 15) is 43.2 Å². The van der Waals surface area contributed by atoms with Crippen molar-refractivity contribution in [2.75, 3.05) is 35.4 Å². The van der Waals surface area contributed by atoms with Crippen LogP contribution < -0.4 is 21.3 Å². The van der Waals surface area contributed by atoms with Crippen molar-refractivity contribution in [3.63, 3.8) is 0 Å². The van der Waals surface area contributed by atoms with Crippen molar-refractivity contribution < 1.29 is 71.6 Å². The third-order valence-electron chi connectivity index (χ3n) is 11.7. The minimum atomic E-state index is -1.82. The Morgan fingerprint density at radius 1 is 0.768 bits per heavy atom. The largest absolute Gasteiger partial charge is 0.458 e. The molecule has 2 rings (SSSR count). The number of methoxy groups -OCH3 is 2. The Labute approximate surface area is 403 Å². The molecule has 0 bridgehead atoms. The van der Waals surface area contributed by atoms with Crippen LogP contribution in [-0.4, -0.2) is 176 Å². The van der Waals surface area contributed by atoms with Gasteiger partial charge in [-0.05, 0) is 45.1 Å². The Bertz CT molecular complexity index is 2050. The van der Waals surface area contributed by atoms with E-state index in [1.54, 1.807) is 58.0 Å². The second-order valence-electron chi connectivity index (χ2n) is 17.7. The minimum Gasteiger partial charge on any atom is -0.458 e. The normalized spacial score (nSPS) is 25.0. The summed E-state index contributed by atoms with van der Waals surface area (Å²) in [5.74, 6) is -10.6. The summed E-state index contributed by atoms with van der Waals surface area (Å²) in [5.41, 5.74) is 0.0673. The number of amides is 7. The van der Waals surface area contributed by atoms with Crippen molar-refractivity contribution in [2.45, 2.75) is 142 Å². The molecule has 1 aliphatic heterocycles. The number of ether oxygens (including phenoxy) is 5. The molecule has 1 aliphatic rings. The highest BCUT2D eigenvalue weighted by Gasteiger charge is 2.46. The molecule has 0 unspecified atom stereocenters. The number of benzene rings is 1. The maximum atomic E-state index is 15.0. The lowest BCUT2D eigenvalue weighted by Crippen LogP contribution is -2.63. The van der Waals surface area contributed by atoms with Crippen LogP contribution in [0.15, 0.2) is 42.6 Å². The van der Waals surface area contributed by atoms with Crippen molar-refractivity contribution in [2.24, 2.45) is 11.8 Å². The molecule has 0 saturated carbocycles. The van der Waals surface area contributed by atoms with Gasteiger partial charge in [0.25, 0.3) is 11.8 Å². The summed E-state index contributed by atoms with van der Waals surface area (Å²) in [6, 6.07) is -0.949. The van der Waals surface area contributed by atoms with E-state index in [-0.39, 0.29) is 12.3 Å².